The van der Waals surface area contributed by atoms with Crippen LogP contribution in [0.1, 0.15) is 36.2 Å². The van der Waals surface area contributed by atoms with Crippen LogP contribution in [0.5, 0.6) is 0 Å². The van der Waals surface area contributed by atoms with Crippen LogP contribution in [0.25, 0.3) is 0 Å². The van der Waals surface area contributed by atoms with E-state index in [-0.39, 0.29) is 5.91 Å². The lowest BCUT2D eigenvalue weighted by molar-refractivity contribution is 0.0623. The number of carbonyl (C=O) groups is 1. The zero-order valence-corrected chi connectivity index (χ0v) is 14.3. The molecule has 4 nitrogen and oxygen atoms in total. The Balaban J connectivity index is 1.67. The Morgan fingerprint density at radius 3 is 2.43 bits per heavy atom. The molecule has 5 heteroatoms. The summed E-state index contributed by atoms with van der Waals surface area (Å²) in [6, 6.07) is 7.79. The summed E-state index contributed by atoms with van der Waals surface area (Å²) in [6.07, 6.45) is 4.62. The van der Waals surface area contributed by atoms with Gasteiger partial charge < -0.3 is 4.90 Å². The number of nitrogens with zero attached hydrogens (tertiary/aromatic N) is 3. The molecule has 0 aliphatic carbocycles. The monoisotopic (exact) mass is 331 g/mol. The van der Waals surface area contributed by atoms with E-state index >= 15 is 0 Å². The Hall–Kier alpha value is -1.81. The first-order chi connectivity index (χ1) is 11.0. The van der Waals surface area contributed by atoms with Gasteiger partial charge in [0.05, 0.1) is 17.8 Å². The molecule has 1 fully saturated rings. The van der Waals surface area contributed by atoms with Gasteiger partial charge in [-0.2, -0.15) is 5.10 Å². The first-order valence-corrected chi connectivity index (χ1v) is 8.45. The molecule has 1 aromatic carbocycles. The molecule has 3 rings (SSSR count). The van der Waals surface area contributed by atoms with Crippen LogP contribution in [-0.2, 0) is 6.54 Å². The van der Waals surface area contributed by atoms with Crippen molar-refractivity contribution in [3.8, 4) is 0 Å². The SMILES string of the molecule is CC1CC(C)CN(C(=O)c2ccc(Cn3cc(Cl)cn3)cc2)C1. The third kappa shape index (κ3) is 3.94. The maximum Gasteiger partial charge on any atom is 0.253 e. The van der Waals surface area contributed by atoms with Gasteiger partial charge in [0.2, 0.25) is 0 Å². The Kier molecular flexibility index (Phi) is 4.71. The number of amides is 1. The fourth-order valence-electron chi connectivity index (χ4n) is 3.38. The molecule has 2 heterocycles. The number of carbonyl (C=O) groups excluding carboxylic acids is 1. The molecule has 1 aliphatic rings. The van der Waals surface area contributed by atoms with Crippen molar-refractivity contribution in [1.29, 1.82) is 0 Å². The summed E-state index contributed by atoms with van der Waals surface area (Å²) in [5.74, 6) is 1.29. The van der Waals surface area contributed by atoms with Gasteiger partial charge >= 0.3 is 0 Å². The Morgan fingerprint density at radius 1 is 1.22 bits per heavy atom. The van der Waals surface area contributed by atoms with Crippen molar-refractivity contribution in [2.45, 2.75) is 26.8 Å². The largest absolute Gasteiger partial charge is 0.338 e. The Labute approximate surface area is 142 Å². The minimum absolute atomic E-state index is 0.136. The van der Waals surface area contributed by atoms with E-state index in [0.717, 1.165) is 24.2 Å². The fraction of sp³-hybridized carbons (Fsp3) is 0.444. The van der Waals surface area contributed by atoms with Crippen LogP contribution in [0.3, 0.4) is 0 Å². The summed E-state index contributed by atoms with van der Waals surface area (Å²) in [6.45, 7) is 6.80. The van der Waals surface area contributed by atoms with E-state index in [9.17, 15) is 4.79 Å². The molecular weight excluding hydrogens is 310 g/mol. The second-order valence-corrected chi connectivity index (χ2v) is 7.15. The average molecular weight is 332 g/mol. The second kappa shape index (κ2) is 6.75. The number of piperidine rings is 1. The summed E-state index contributed by atoms with van der Waals surface area (Å²) >= 11 is 5.87. The topological polar surface area (TPSA) is 38.1 Å². The average Bonchev–Trinajstić information content (AvgIpc) is 2.91. The molecule has 122 valence electrons. The molecule has 2 atom stereocenters. The molecule has 0 saturated carbocycles. The molecule has 0 radical (unpaired) electrons. The van der Waals surface area contributed by atoms with Gasteiger partial charge in [-0.05, 0) is 36.0 Å². The van der Waals surface area contributed by atoms with Gasteiger partial charge in [-0.1, -0.05) is 37.6 Å². The molecular formula is C18H22ClN3O. The number of hydrogen-bond donors (Lipinski definition) is 0. The third-order valence-electron chi connectivity index (χ3n) is 4.30. The zero-order chi connectivity index (χ0) is 16.4. The van der Waals surface area contributed by atoms with Crippen molar-refractivity contribution >= 4 is 17.5 Å². The lowest BCUT2D eigenvalue weighted by Gasteiger charge is -2.35. The van der Waals surface area contributed by atoms with Gasteiger partial charge in [-0.25, -0.2) is 0 Å². The third-order valence-corrected chi connectivity index (χ3v) is 4.50. The Bertz CT molecular complexity index is 670. The van der Waals surface area contributed by atoms with Crippen LogP contribution in [0.15, 0.2) is 36.7 Å². The summed E-state index contributed by atoms with van der Waals surface area (Å²) in [5, 5.41) is 4.80. The van der Waals surface area contributed by atoms with Crippen LogP contribution in [0.2, 0.25) is 5.02 Å². The first kappa shape index (κ1) is 16.1. The maximum absolute atomic E-state index is 12.7. The fourth-order valence-corrected chi connectivity index (χ4v) is 3.53. The van der Waals surface area contributed by atoms with Gasteiger partial charge in [-0.3, -0.25) is 9.48 Å². The summed E-state index contributed by atoms with van der Waals surface area (Å²) < 4.78 is 1.78. The van der Waals surface area contributed by atoms with E-state index < -0.39 is 0 Å². The molecule has 0 N–H and O–H groups in total. The maximum atomic E-state index is 12.7. The van der Waals surface area contributed by atoms with Crippen molar-refractivity contribution in [2.24, 2.45) is 11.8 Å². The molecule has 1 amide bonds. The van der Waals surface area contributed by atoms with Crippen molar-refractivity contribution in [3.63, 3.8) is 0 Å². The minimum atomic E-state index is 0.136. The van der Waals surface area contributed by atoms with Crippen LogP contribution in [0.4, 0.5) is 0 Å². The lowest BCUT2D eigenvalue weighted by Crippen LogP contribution is -2.42. The molecule has 1 aliphatic heterocycles. The van der Waals surface area contributed by atoms with E-state index in [1.54, 1.807) is 17.1 Å². The number of hydrogen-bond acceptors (Lipinski definition) is 2. The van der Waals surface area contributed by atoms with Gasteiger partial charge in [-0.15, -0.1) is 0 Å². The van der Waals surface area contributed by atoms with E-state index in [0.29, 0.717) is 23.4 Å². The number of likely N-dealkylation sites (tertiary alicyclic amines) is 1. The minimum Gasteiger partial charge on any atom is -0.338 e. The van der Waals surface area contributed by atoms with Crippen LogP contribution in [0, 0.1) is 11.8 Å². The van der Waals surface area contributed by atoms with Gasteiger partial charge in [0.25, 0.3) is 5.91 Å². The van der Waals surface area contributed by atoms with Gasteiger partial charge in [0.15, 0.2) is 0 Å². The van der Waals surface area contributed by atoms with E-state index in [1.165, 1.54) is 6.42 Å². The molecule has 0 bridgehead atoms. The molecule has 1 saturated heterocycles. The molecule has 2 unspecified atom stereocenters. The normalized spacial score (nSPS) is 21.4. The van der Waals surface area contributed by atoms with E-state index in [1.807, 2.05) is 29.2 Å². The highest BCUT2D eigenvalue weighted by molar-refractivity contribution is 6.30. The number of rotatable bonds is 3. The predicted molar refractivity (Wildman–Crippen MR) is 91.6 cm³/mol. The van der Waals surface area contributed by atoms with Gasteiger partial charge in [0, 0.05) is 24.8 Å². The molecule has 0 spiro atoms. The second-order valence-electron chi connectivity index (χ2n) is 6.71. The predicted octanol–water partition coefficient (Wildman–Crippen LogP) is 3.70. The van der Waals surface area contributed by atoms with Crippen LogP contribution < -0.4 is 0 Å². The lowest BCUT2D eigenvalue weighted by atomic mass is 9.91. The smallest absolute Gasteiger partial charge is 0.253 e. The van der Waals surface area contributed by atoms with Crippen molar-refractivity contribution < 1.29 is 4.79 Å². The first-order valence-electron chi connectivity index (χ1n) is 8.07. The van der Waals surface area contributed by atoms with Gasteiger partial charge in [0.1, 0.15) is 0 Å². The highest BCUT2D eigenvalue weighted by Crippen LogP contribution is 2.22. The van der Waals surface area contributed by atoms with Crippen molar-refractivity contribution in [1.82, 2.24) is 14.7 Å². The van der Waals surface area contributed by atoms with E-state index in [4.69, 9.17) is 11.6 Å². The summed E-state index contributed by atoms with van der Waals surface area (Å²) in [4.78, 5) is 14.6. The van der Waals surface area contributed by atoms with Crippen LogP contribution >= 0.6 is 11.6 Å². The molecule has 23 heavy (non-hydrogen) atoms. The van der Waals surface area contributed by atoms with Crippen molar-refractivity contribution in [3.05, 3.63) is 52.8 Å². The highest BCUT2D eigenvalue weighted by atomic mass is 35.5. The molecule has 1 aromatic heterocycles. The highest BCUT2D eigenvalue weighted by Gasteiger charge is 2.25. The number of aromatic nitrogens is 2. The number of benzene rings is 1. The van der Waals surface area contributed by atoms with E-state index in [2.05, 4.69) is 18.9 Å². The standard InChI is InChI=1S/C18H22ClN3O/c1-13-7-14(2)10-21(9-13)18(23)16-5-3-15(4-6-16)11-22-12-17(19)8-20-22/h3-6,8,12-14H,7,9-11H2,1-2H3. The summed E-state index contributed by atoms with van der Waals surface area (Å²) in [5.41, 5.74) is 1.86. The quantitative estimate of drug-likeness (QED) is 0.860. The van der Waals surface area contributed by atoms with Crippen LogP contribution in [-0.4, -0.2) is 33.7 Å². The molecule has 2 aromatic rings. The number of halogens is 1. The summed E-state index contributed by atoms with van der Waals surface area (Å²) in [7, 11) is 0. The Morgan fingerprint density at radius 2 is 1.87 bits per heavy atom. The van der Waals surface area contributed by atoms with Crippen molar-refractivity contribution in [2.75, 3.05) is 13.1 Å². The zero-order valence-electron chi connectivity index (χ0n) is 13.6.